The second kappa shape index (κ2) is 4.39. The lowest BCUT2D eigenvalue weighted by Crippen LogP contribution is -2.48. The van der Waals surface area contributed by atoms with Crippen LogP contribution in [-0.2, 0) is 0 Å². The molecule has 0 unspecified atom stereocenters. The maximum absolute atomic E-state index is 11.8. The van der Waals surface area contributed by atoms with Crippen molar-refractivity contribution in [3.63, 3.8) is 0 Å². The van der Waals surface area contributed by atoms with Gasteiger partial charge in [0.2, 0.25) is 0 Å². The molecule has 0 radical (unpaired) electrons. The molecular formula is C11H21N3O. The van der Waals surface area contributed by atoms with Crippen molar-refractivity contribution in [3.8, 4) is 0 Å². The first-order valence-corrected chi connectivity index (χ1v) is 5.88. The van der Waals surface area contributed by atoms with Crippen molar-refractivity contribution in [2.45, 2.75) is 37.8 Å². The fourth-order valence-electron chi connectivity index (χ4n) is 2.05. The average molecular weight is 211 g/mol. The van der Waals surface area contributed by atoms with Crippen molar-refractivity contribution in [1.82, 2.24) is 15.1 Å². The summed E-state index contributed by atoms with van der Waals surface area (Å²) in [6.07, 6.45) is 4.52. The van der Waals surface area contributed by atoms with Crippen LogP contribution in [0.1, 0.15) is 25.7 Å². The second-order valence-corrected chi connectivity index (χ2v) is 4.87. The van der Waals surface area contributed by atoms with E-state index in [4.69, 9.17) is 0 Å². The molecule has 2 amide bonds. The zero-order valence-corrected chi connectivity index (χ0v) is 9.70. The number of nitrogens with one attached hydrogen (secondary N) is 1. The summed E-state index contributed by atoms with van der Waals surface area (Å²) in [5, 5.41) is 3.04. The van der Waals surface area contributed by atoms with Gasteiger partial charge in [0, 0.05) is 19.1 Å². The van der Waals surface area contributed by atoms with Crippen molar-refractivity contribution >= 4 is 6.03 Å². The van der Waals surface area contributed by atoms with Gasteiger partial charge in [0.25, 0.3) is 0 Å². The van der Waals surface area contributed by atoms with Crippen LogP contribution in [0.5, 0.6) is 0 Å². The first-order chi connectivity index (χ1) is 7.16. The van der Waals surface area contributed by atoms with E-state index < -0.39 is 0 Å². The van der Waals surface area contributed by atoms with Gasteiger partial charge < -0.3 is 15.1 Å². The van der Waals surface area contributed by atoms with Crippen molar-refractivity contribution in [2.75, 3.05) is 27.2 Å². The molecule has 15 heavy (non-hydrogen) atoms. The standard InChI is InChI=1S/C11H21N3O/c1-13-7-5-10(6-8-13)14(2)11(15)12-9-3-4-9/h9-10H,3-8H2,1-2H3,(H,12,15). The Morgan fingerprint density at radius 2 is 1.87 bits per heavy atom. The van der Waals surface area contributed by atoms with E-state index in [9.17, 15) is 4.79 Å². The molecule has 0 aromatic heterocycles. The van der Waals surface area contributed by atoms with Crippen LogP contribution < -0.4 is 5.32 Å². The lowest BCUT2D eigenvalue weighted by atomic mass is 10.0. The van der Waals surface area contributed by atoms with Crippen LogP contribution >= 0.6 is 0 Å². The highest BCUT2D eigenvalue weighted by atomic mass is 16.2. The van der Waals surface area contributed by atoms with Crippen LogP contribution in [-0.4, -0.2) is 55.1 Å². The maximum Gasteiger partial charge on any atom is 0.317 e. The number of hydrogen-bond donors (Lipinski definition) is 1. The molecule has 4 heteroatoms. The number of piperidine rings is 1. The summed E-state index contributed by atoms with van der Waals surface area (Å²) in [6, 6.07) is 1.01. The largest absolute Gasteiger partial charge is 0.335 e. The van der Waals surface area contributed by atoms with Crippen molar-refractivity contribution in [2.24, 2.45) is 0 Å². The number of likely N-dealkylation sites (tertiary alicyclic amines) is 1. The molecule has 2 aliphatic rings. The summed E-state index contributed by atoms with van der Waals surface area (Å²) in [5.74, 6) is 0. The van der Waals surface area contributed by atoms with Crippen molar-refractivity contribution in [3.05, 3.63) is 0 Å². The molecule has 0 aromatic carbocycles. The van der Waals surface area contributed by atoms with Crippen LogP contribution in [0.4, 0.5) is 4.79 Å². The molecule has 0 atom stereocenters. The summed E-state index contributed by atoms with van der Waals surface area (Å²) in [6.45, 7) is 2.21. The molecule has 1 heterocycles. The van der Waals surface area contributed by atoms with E-state index in [1.54, 1.807) is 0 Å². The van der Waals surface area contributed by atoms with Gasteiger partial charge in [0.1, 0.15) is 0 Å². The molecule has 0 spiro atoms. The molecule has 2 fully saturated rings. The summed E-state index contributed by atoms with van der Waals surface area (Å²) < 4.78 is 0. The minimum Gasteiger partial charge on any atom is -0.335 e. The molecule has 4 nitrogen and oxygen atoms in total. The summed E-state index contributed by atoms with van der Waals surface area (Å²) >= 11 is 0. The maximum atomic E-state index is 11.8. The number of carbonyl (C=O) groups is 1. The first kappa shape index (κ1) is 10.7. The van der Waals surface area contributed by atoms with Gasteiger partial charge in [-0.15, -0.1) is 0 Å². The van der Waals surface area contributed by atoms with E-state index >= 15 is 0 Å². The van der Waals surface area contributed by atoms with Gasteiger partial charge in [-0.05, 0) is 45.8 Å². The quantitative estimate of drug-likeness (QED) is 0.736. The van der Waals surface area contributed by atoms with Gasteiger partial charge >= 0.3 is 6.03 Å². The summed E-state index contributed by atoms with van der Waals surface area (Å²) in [4.78, 5) is 16.0. The third-order valence-corrected chi connectivity index (χ3v) is 3.46. The third-order valence-electron chi connectivity index (χ3n) is 3.46. The first-order valence-electron chi connectivity index (χ1n) is 5.88. The molecule has 1 aliphatic carbocycles. The number of carbonyl (C=O) groups excluding carboxylic acids is 1. The third kappa shape index (κ3) is 2.84. The van der Waals surface area contributed by atoms with Gasteiger partial charge in [-0.3, -0.25) is 0 Å². The van der Waals surface area contributed by atoms with E-state index in [0.29, 0.717) is 12.1 Å². The predicted octanol–water partition coefficient (Wildman–Crippen LogP) is 0.884. The van der Waals surface area contributed by atoms with Crippen LogP contribution in [0.15, 0.2) is 0 Å². The van der Waals surface area contributed by atoms with E-state index in [1.165, 1.54) is 0 Å². The molecule has 2 rings (SSSR count). The Morgan fingerprint density at radius 3 is 2.40 bits per heavy atom. The topological polar surface area (TPSA) is 35.6 Å². The molecule has 0 bridgehead atoms. The lowest BCUT2D eigenvalue weighted by molar-refractivity contribution is 0.147. The van der Waals surface area contributed by atoms with E-state index in [1.807, 2.05) is 11.9 Å². The highest BCUT2D eigenvalue weighted by Crippen LogP contribution is 2.20. The molecule has 86 valence electrons. The minimum absolute atomic E-state index is 0.118. The normalized spacial score (nSPS) is 23.9. The van der Waals surface area contributed by atoms with Gasteiger partial charge in [0.05, 0.1) is 0 Å². The highest BCUT2D eigenvalue weighted by molar-refractivity contribution is 5.74. The number of urea groups is 1. The van der Waals surface area contributed by atoms with Gasteiger partial charge in [-0.1, -0.05) is 0 Å². The van der Waals surface area contributed by atoms with E-state index in [0.717, 1.165) is 38.8 Å². The Morgan fingerprint density at radius 1 is 1.27 bits per heavy atom. The Kier molecular flexibility index (Phi) is 3.14. The smallest absolute Gasteiger partial charge is 0.317 e. The van der Waals surface area contributed by atoms with E-state index in [2.05, 4.69) is 17.3 Å². The second-order valence-electron chi connectivity index (χ2n) is 4.87. The molecule has 0 aromatic rings. The number of rotatable bonds is 2. The highest BCUT2D eigenvalue weighted by Gasteiger charge is 2.28. The Hall–Kier alpha value is -0.770. The Balaban J connectivity index is 1.78. The number of nitrogens with zero attached hydrogens (tertiary/aromatic N) is 2. The van der Waals surface area contributed by atoms with Gasteiger partial charge in [-0.2, -0.15) is 0 Å². The summed E-state index contributed by atoms with van der Waals surface area (Å²) in [7, 11) is 4.06. The zero-order chi connectivity index (χ0) is 10.8. The Labute approximate surface area is 91.6 Å². The molecular weight excluding hydrogens is 190 g/mol. The minimum atomic E-state index is 0.118. The fraction of sp³-hybridized carbons (Fsp3) is 0.909. The Bertz CT molecular complexity index is 232. The molecule has 1 N–H and O–H groups in total. The molecule has 1 saturated heterocycles. The van der Waals surface area contributed by atoms with Crippen LogP contribution in [0.25, 0.3) is 0 Å². The zero-order valence-electron chi connectivity index (χ0n) is 9.70. The van der Waals surface area contributed by atoms with Crippen LogP contribution in [0.3, 0.4) is 0 Å². The fourth-order valence-corrected chi connectivity index (χ4v) is 2.05. The monoisotopic (exact) mass is 211 g/mol. The molecule has 1 saturated carbocycles. The lowest BCUT2D eigenvalue weighted by Gasteiger charge is -2.35. The number of hydrogen-bond acceptors (Lipinski definition) is 2. The van der Waals surface area contributed by atoms with Crippen molar-refractivity contribution < 1.29 is 4.79 Å². The van der Waals surface area contributed by atoms with Crippen molar-refractivity contribution in [1.29, 1.82) is 0 Å². The van der Waals surface area contributed by atoms with Gasteiger partial charge in [0.15, 0.2) is 0 Å². The van der Waals surface area contributed by atoms with Crippen LogP contribution in [0, 0.1) is 0 Å². The average Bonchev–Trinajstić information content (AvgIpc) is 3.02. The van der Waals surface area contributed by atoms with E-state index in [-0.39, 0.29) is 6.03 Å². The molecule has 1 aliphatic heterocycles. The predicted molar refractivity (Wildman–Crippen MR) is 59.8 cm³/mol. The van der Waals surface area contributed by atoms with Gasteiger partial charge in [-0.25, -0.2) is 4.79 Å². The number of amides is 2. The SMILES string of the molecule is CN1CCC(N(C)C(=O)NC2CC2)CC1. The van der Waals surface area contributed by atoms with Crippen LogP contribution in [0.2, 0.25) is 0 Å². The summed E-state index contributed by atoms with van der Waals surface area (Å²) in [5.41, 5.74) is 0.